The largest absolute Gasteiger partial charge is 0.497 e. The molecule has 0 saturated heterocycles. The van der Waals surface area contributed by atoms with Crippen LogP contribution in [0.5, 0.6) is 5.75 Å². The Kier molecular flexibility index (Phi) is 4.05. The third-order valence-electron chi connectivity index (χ3n) is 3.49. The lowest BCUT2D eigenvalue weighted by Crippen LogP contribution is -2.36. The number of rotatable bonds is 6. The molecule has 6 heteroatoms. The Morgan fingerprint density at radius 1 is 0.957 bits per heavy atom. The molecule has 0 saturated carbocycles. The van der Waals surface area contributed by atoms with Gasteiger partial charge < -0.3 is 15.4 Å². The maximum absolute atomic E-state index is 11.7. The molecule has 0 aliphatic rings. The van der Waals surface area contributed by atoms with E-state index >= 15 is 0 Å². The second-order valence-electron chi connectivity index (χ2n) is 4.97. The Morgan fingerprint density at radius 2 is 1.61 bits per heavy atom. The smallest absolute Gasteiger partial charge is 0.253 e. The summed E-state index contributed by atoms with van der Waals surface area (Å²) >= 11 is 0. The number of hydrogen-bond acceptors (Lipinski definition) is 6. The lowest BCUT2D eigenvalue weighted by molar-refractivity contribution is 0.414. The van der Waals surface area contributed by atoms with Gasteiger partial charge in [-0.25, -0.2) is 0 Å². The molecule has 2 aromatic carbocycles. The van der Waals surface area contributed by atoms with Gasteiger partial charge in [0, 0.05) is 24.6 Å². The molecular weight excluding hydrogens is 294 g/mol. The minimum absolute atomic E-state index is 0.287. The minimum Gasteiger partial charge on any atom is -0.497 e. The van der Waals surface area contributed by atoms with E-state index in [1.165, 1.54) is 0 Å². The number of nitrogens with one attached hydrogen (secondary N) is 2. The lowest BCUT2D eigenvalue weighted by Gasteiger charge is -2.15. The molecule has 0 amide bonds. The summed E-state index contributed by atoms with van der Waals surface area (Å²) in [6, 6.07) is 10.9. The first-order valence-electron chi connectivity index (χ1n) is 7.06. The lowest BCUT2D eigenvalue weighted by atomic mass is 10.1. The summed E-state index contributed by atoms with van der Waals surface area (Å²) in [5.74, 6) is 0.767. The molecule has 1 aromatic heterocycles. The van der Waals surface area contributed by atoms with Crippen LogP contribution in [0, 0.1) is 0 Å². The van der Waals surface area contributed by atoms with Crippen molar-refractivity contribution in [2.45, 2.75) is 6.54 Å². The van der Waals surface area contributed by atoms with Crippen LogP contribution >= 0.6 is 0 Å². The van der Waals surface area contributed by atoms with E-state index in [0.29, 0.717) is 17.9 Å². The standard InChI is InChI=1S/C17H15N3O3/c1-23-13-4-2-11(3-5-13)10-19-14-15(17(22)16(14)21)20-12-6-8-18-9-7-12/h2-9,19H,10H2,1H3,(H,18,20). The van der Waals surface area contributed by atoms with E-state index < -0.39 is 10.9 Å². The molecule has 0 bridgehead atoms. The number of methoxy groups -OCH3 is 1. The molecule has 0 unspecified atom stereocenters. The number of benzene rings is 1. The number of hydrogen-bond donors (Lipinski definition) is 2. The first-order chi connectivity index (χ1) is 11.2. The van der Waals surface area contributed by atoms with Crippen molar-refractivity contribution in [2.75, 3.05) is 17.7 Å². The minimum atomic E-state index is -0.515. The topological polar surface area (TPSA) is 80.3 Å². The van der Waals surface area contributed by atoms with Gasteiger partial charge in [0.25, 0.3) is 10.9 Å². The normalized spacial score (nSPS) is 10.5. The fourth-order valence-electron chi connectivity index (χ4n) is 2.19. The second kappa shape index (κ2) is 6.31. The van der Waals surface area contributed by atoms with E-state index in [0.717, 1.165) is 11.3 Å². The molecule has 3 rings (SSSR count). The first kappa shape index (κ1) is 14.8. The summed E-state index contributed by atoms with van der Waals surface area (Å²) in [5, 5.41) is 5.96. The van der Waals surface area contributed by atoms with E-state index in [1.807, 2.05) is 24.3 Å². The van der Waals surface area contributed by atoms with Crippen molar-refractivity contribution in [1.29, 1.82) is 0 Å². The zero-order valence-corrected chi connectivity index (χ0v) is 12.5. The van der Waals surface area contributed by atoms with Gasteiger partial charge in [0.2, 0.25) is 0 Å². The molecule has 23 heavy (non-hydrogen) atoms. The van der Waals surface area contributed by atoms with Crippen LogP contribution in [0.15, 0.2) is 58.4 Å². The van der Waals surface area contributed by atoms with Crippen LogP contribution in [0.3, 0.4) is 0 Å². The van der Waals surface area contributed by atoms with E-state index in [9.17, 15) is 9.59 Å². The average Bonchev–Trinajstić information content (AvgIpc) is 2.62. The zero-order chi connectivity index (χ0) is 16.2. The van der Waals surface area contributed by atoms with E-state index in [2.05, 4.69) is 15.6 Å². The van der Waals surface area contributed by atoms with E-state index in [-0.39, 0.29) is 5.69 Å². The Hall–Kier alpha value is -3.15. The van der Waals surface area contributed by atoms with Crippen molar-refractivity contribution in [3.8, 4) is 5.75 Å². The quantitative estimate of drug-likeness (QED) is 0.678. The highest BCUT2D eigenvalue weighted by Crippen LogP contribution is 2.21. The van der Waals surface area contributed by atoms with Gasteiger partial charge in [-0.3, -0.25) is 14.6 Å². The summed E-state index contributed by atoms with van der Waals surface area (Å²) in [5.41, 5.74) is 1.26. The predicted octanol–water partition coefficient (Wildman–Crippen LogP) is 2.04. The van der Waals surface area contributed by atoms with Gasteiger partial charge in [-0.1, -0.05) is 12.1 Å². The summed E-state index contributed by atoms with van der Waals surface area (Å²) in [7, 11) is 1.60. The Morgan fingerprint density at radius 3 is 2.26 bits per heavy atom. The maximum Gasteiger partial charge on any atom is 0.253 e. The zero-order valence-electron chi connectivity index (χ0n) is 12.5. The molecule has 0 aliphatic heterocycles. The molecule has 0 aliphatic carbocycles. The molecule has 0 atom stereocenters. The van der Waals surface area contributed by atoms with Crippen molar-refractivity contribution in [3.63, 3.8) is 0 Å². The van der Waals surface area contributed by atoms with Crippen molar-refractivity contribution in [1.82, 2.24) is 4.98 Å². The highest BCUT2D eigenvalue weighted by Gasteiger charge is 2.20. The molecule has 116 valence electrons. The maximum atomic E-state index is 11.7. The molecule has 2 N–H and O–H groups in total. The third-order valence-corrected chi connectivity index (χ3v) is 3.49. The number of anilines is 3. The summed E-state index contributed by atoms with van der Waals surface area (Å²) in [6.45, 7) is 0.444. The summed E-state index contributed by atoms with van der Waals surface area (Å²) in [4.78, 5) is 27.4. The van der Waals surface area contributed by atoms with Gasteiger partial charge in [0.05, 0.1) is 7.11 Å². The van der Waals surface area contributed by atoms with Crippen LogP contribution in [0.1, 0.15) is 5.56 Å². The SMILES string of the molecule is COc1ccc(CNc2c(Nc3ccncc3)c(=O)c2=O)cc1. The number of aromatic nitrogens is 1. The van der Waals surface area contributed by atoms with Crippen LogP contribution in [0.25, 0.3) is 0 Å². The third kappa shape index (κ3) is 3.06. The van der Waals surface area contributed by atoms with Crippen molar-refractivity contribution in [3.05, 3.63) is 74.8 Å². The summed E-state index contributed by atoms with van der Waals surface area (Å²) in [6.07, 6.45) is 3.22. The number of pyridine rings is 1. The molecule has 0 spiro atoms. The fourth-order valence-corrected chi connectivity index (χ4v) is 2.19. The monoisotopic (exact) mass is 309 g/mol. The number of nitrogens with zero attached hydrogens (tertiary/aromatic N) is 1. The predicted molar refractivity (Wildman–Crippen MR) is 89.2 cm³/mol. The first-order valence-corrected chi connectivity index (χ1v) is 7.06. The van der Waals surface area contributed by atoms with Crippen LogP contribution < -0.4 is 26.2 Å². The van der Waals surface area contributed by atoms with Crippen LogP contribution in [0.4, 0.5) is 17.1 Å². The van der Waals surface area contributed by atoms with Crippen molar-refractivity contribution in [2.24, 2.45) is 0 Å². The highest BCUT2D eigenvalue weighted by molar-refractivity contribution is 5.78. The van der Waals surface area contributed by atoms with E-state index in [1.54, 1.807) is 31.6 Å². The van der Waals surface area contributed by atoms with Crippen LogP contribution in [-0.2, 0) is 6.54 Å². The van der Waals surface area contributed by atoms with Gasteiger partial charge in [-0.05, 0) is 29.8 Å². The van der Waals surface area contributed by atoms with Crippen molar-refractivity contribution < 1.29 is 4.74 Å². The van der Waals surface area contributed by atoms with Gasteiger partial charge in [0.15, 0.2) is 0 Å². The summed E-state index contributed by atoms with van der Waals surface area (Å²) < 4.78 is 5.10. The van der Waals surface area contributed by atoms with Gasteiger partial charge in [-0.2, -0.15) is 0 Å². The van der Waals surface area contributed by atoms with Crippen molar-refractivity contribution >= 4 is 17.1 Å². The number of ether oxygens (including phenoxy) is 1. The van der Waals surface area contributed by atoms with E-state index in [4.69, 9.17) is 4.74 Å². The Labute approximate surface area is 132 Å². The van der Waals surface area contributed by atoms with Gasteiger partial charge in [0.1, 0.15) is 17.1 Å². The van der Waals surface area contributed by atoms with Crippen LogP contribution in [0.2, 0.25) is 0 Å². The van der Waals surface area contributed by atoms with Crippen LogP contribution in [-0.4, -0.2) is 12.1 Å². The van der Waals surface area contributed by atoms with Gasteiger partial charge in [-0.15, -0.1) is 0 Å². The van der Waals surface area contributed by atoms with Gasteiger partial charge >= 0.3 is 0 Å². The molecule has 0 fully saturated rings. The highest BCUT2D eigenvalue weighted by atomic mass is 16.5. The molecule has 1 heterocycles. The average molecular weight is 309 g/mol. The molecule has 6 nitrogen and oxygen atoms in total. The Balaban J connectivity index is 1.72. The second-order valence-corrected chi connectivity index (χ2v) is 4.97. The molecular formula is C17H15N3O3. The fraction of sp³-hybridized carbons (Fsp3) is 0.118. The molecule has 0 radical (unpaired) electrons. The Bertz CT molecular complexity index is 866. The molecule has 3 aromatic rings.